The Hall–Kier alpha value is -4.16. The van der Waals surface area contributed by atoms with Crippen LogP contribution < -0.4 is 25.8 Å². The van der Waals surface area contributed by atoms with Crippen LogP contribution >= 0.6 is 0 Å². The Morgan fingerprint density at radius 1 is 1.00 bits per heavy atom. The summed E-state index contributed by atoms with van der Waals surface area (Å²) in [4.78, 5) is 40.8. The molecule has 11 nitrogen and oxygen atoms in total. The molecular formula is C26H29N5O6S. The summed E-state index contributed by atoms with van der Waals surface area (Å²) in [6.45, 7) is 0.359. The van der Waals surface area contributed by atoms with E-state index < -0.39 is 34.5 Å². The Bertz CT molecular complexity index is 1430. The largest absolute Gasteiger partial charge is 0.480 e. The Kier molecular flexibility index (Phi) is 8.44. The molecular weight excluding hydrogens is 510 g/mol. The lowest BCUT2D eigenvalue weighted by Gasteiger charge is -2.38. The lowest BCUT2D eigenvalue weighted by atomic mass is 10.1. The summed E-state index contributed by atoms with van der Waals surface area (Å²) < 4.78 is 27.1. The minimum atomic E-state index is -4.08. The van der Waals surface area contributed by atoms with Crippen molar-refractivity contribution in [3.63, 3.8) is 0 Å². The van der Waals surface area contributed by atoms with Gasteiger partial charge in [0.05, 0.1) is 4.90 Å². The number of carbonyl (C=O) groups is 2. The first-order chi connectivity index (χ1) is 18.2. The van der Waals surface area contributed by atoms with Gasteiger partial charge in [-0.3, -0.25) is 14.4 Å². The quantitative estimate of drug-likeness (QED) is 0.261. The molecule has 0 spiro atoms. The lowest BCUT2D eigenvalue weighted by molar-refractivity contribution is -0.138. The van der Waals surface area contributed by atoms with Crippen molar-refractivity contribution in [2.75, 3.05) is 23.3 Å². The standard InChI is InChI=1S/C26H29N5O6S/c32-24-11-6-9-22(29-24)28-23-10-4-5-16-31(23)19-14-12-18(13-15-19)25(33)27-17-21(26(34)35)30-38(36,37)20-7-2-1-3-8-20/h1-3,6-9,11-15,21,23,30H,4-5,10,16-17H2,(H,27,33)(H,34,35)(H2,28,29,32)/t21-,23-/m0/s1. The number of hydrogen-bond donors (Lipinski definition) is 5. The number of hydrogen-bond acceptors (Lipinski definition) is 7. The zero-order valence-corrected chi connectivity index (χ0v) is 21.3. The zero-order chi connectivity index (χ0) is 27.1. The molecule has 38 heavy (non-hydrogen) atoms. The Morgan fingerprint density at radius 2 is 1.74 bits per heavy atom. The van der Waals surface area contributed by atoms with Crippen LogP contribution in [-0.4, -0.2) is 55.7 Å². The first-order valence-electron chi connectivity index (χ1n) is 12.1. The minimum absolute atomic E-state index is 0.0459. The van der Waals surface area contributed by atoms with Gasteiger partial charge in [-0.25, -0.2) is 8.42 Å². The van der Waals surface area contributed by atoms with E-state index in [1.165, 1.54) is 30.3 Å². The van der Waals surface area contributed by atoms with Crippen molar-refractivity contribution in [2.24, 2.45) is 0 Å². The van der Waals surface area contributed by atoms with Crippen LogP contribution in [0.15, 0.2) is 82.5 Å². The second-order valence-corrected chi connectivity index (χ2v) is 10.6. The average Bonchev–Trinajstić information content (AvgIpc) is 2.91. The molecule has 4 rings (SSSR count). The molecule has 5 N–H and O–H groups in total. The van der Waals surface area contributed by atoms with Crippen molar-refractivity contribution in [3.05, 3.63) is 88.7 Å². The molecule has 2 heterocycles. The maximum absolute atomic E-state index is 12.7. The molecule has 12 heteroatoms. The number of benzene rings is 2. The number of nitrogens with zero attached hydrogens (tertiary/aromatic N) is 1. The second-order valence-electron chi connectivity index (χ2n) is 8.86. The number of piperidine rings is 1. The number of amides is 1. The van der Waals surface area contributed by atoms with E-state index in [0.717, 1.165) is 31.5 Å². The van der Waals surface area contributed by atoms with Crippen molar-refractivity contribution in [2.45, 2.75) is 36.4 Å². The normalized spacial score (nSPS) is 16.4. The molecule has 0 unspecified atom stereocenters. The van der Waals surface area contributed by atoms with Crippen LogP contribution in [0.3, 0.4) is 0 Å². The van der Waals surface area contributed by atoms with Gasteiger partial charge in [-0.05, 0) is 61.7 Å². The van der Waals surface area contributed by atoms with E-state index in [0.29, 0.717) is 11.4 Å². The highest BCUT2D eigenvalue weighted by Crippen LogP contribution is 2.26. The van der Waals surface area contributed by atoms with Crippen molar-refractivity contribution < 1.29 is 23.1 Å². The van der Waals surface area contributed by atoms with E-state index >= 15 is 0 Å². The van der Waals surface area contributed by atoms with Gasteiger partial charge in [-0.2, -0.15) is 4.72 Å². The smallest absolute Gasteiger partial charge is 0.323 e. The van der Waals surface area contributed by atoms with Crippen LogP contribution in [0.25, 0.3) is 0 Å². The summed E-state index contributed by atoms with van der Waals surface area (Å²) in [6.07, 6.45) is 2.86. The number of H-pyrrole nitrogens is 1. The molecule has 0 radical (unpaired) electrons. The van der Waals surface area contributed by atoms with Gasteiger partial charge in [-0.1, -0.05) is 24.3 Å². The lowest BCUT2D eigenvalue weighted by Crippen LogP contribution is -2.48. The molecule has 2 aromatic carbocycles. The molecule has 1 aromatic heterocycles. The fourth-order valence-corrected chi connectivity index (χ4v) is 5.45. The third-order valence-electron chi connectivity index (χ3n) is 6.17. The highest BCUT2D eigenvalue weighted by atomic mass is 32.2. The fraction of sp³-hybridized carbons (Fsp3) is 0.269. The third-order valence-corrected chi connectivity index (χ3v) is 7.66. The molecule has 1 amide bonds. The summed E-state index contributed by atoms with van der Waals surface area (Å²) in [7, 11) is -4.08. The summed E-state index contributed by atoms with van der Waals surface area (Å²) >= 11 is 0. The van der Waals surface area contributed by atoms with Crippen LogP contribution in [0.5, 0.6) is 0 Å². The van der Waals surface area contributed by atoms with Gasteiger partial charge in [0.1, 0.15) is 18.0 Å². The molecule has 2 atom stereocenters. The Labute approximate surface area is 219 Å². The predicted octanol–water partition coefficient (Wildman–Crippen LogP) is 1.96. The van der Waals surface area contributed by atoms with E-state index in [1.807, 2.05) is 0 Å². The number of rotatable bonds is 10. The van der Waals surface area contributed by atoms with Gasteiger partial charge in [-0.15, -0.1) is 0 Å². The molecule has 1 aliphatic rings. The number of aromatic amines is 1. The summed E-state index contributed by atoms with van der Waals surface area (Å²) in [6, 6.07) is 17.6. The number of sulfonamides is 1. The first-order valence-corrected chi connectivity index (χ1v) is 13.6. The van der Waals surface area contributed by atoms with E-state index in [1.54, 1.807) is 42.5 Å². The molecule has 1 fully saturated rings. The molecule has 0 aliphatic carbocycles. The van der Waals surface area contributed by atoms with Crippen LogP contribution in [-0.2, 0) is 14.8 Å². The highest BCUT2D eigenvalue weighted by Gasteiger charge is 2.26. The zero-order valence-electron chi connectivity index (χ0n) is 20.5. The predicted molar refractivity (Wildman–Crippen MR) is 143 cm³/mol. The number of carboxylic acids is 1. The molecule has 3 aromatic rings. The van der Waals surface area contributed by atoms with E-state index in [9.17, 15) is 27.9 Å². The maximum Gasteiger partial charge on any atom is 0.323 e. The SMILES string of the molecule is O=C(NC[C@H](NS(=O)(=O)c1ccccc1)C(=O)O)c1ccc(N2CCCC[C@H]2Nc2cccc(=O)[nH]2)cc1. The number of anilines is 2. The van der Waals surface area contributed by atoms with Crippen molar-refractivity contribution in [1.29, 1.82) is 0 Å². The van der Waals surface area contributed by atoms with Crippen LogP contribution in [0, 0.1) is 0 Å². The van der Waals surface area contributed by atoms with Gasteiger partial charge in [0.15, 0.2) is 0 Å². The average molecular weight is 540 g/mol. The Balaban J connectivity index is 1.39. The van der Waals surface area contributed by atoms with Gasteiger partial charge in [0.2, 0.25) is 15.6 Å². The van der Waals surface area contributed by atoms with E-state index in [4.69, 9.17) is 0 Å². The van der Waals surface area contributed by atoms with Crippen molar-refractivity contribution in [1.82, 2.24) is 15.0 Å². The van der Waals surface area contributed by atoms with E-state index in [-0.39, 0.29) is 16.6 Å². The molecule has 200 valence electrons. The molecule has 0 saturated carbocycles. The molecule has 1 saturated heterocycles. The summed E-state index contributed by atoms with van der Waals surface area (Å²) in [5.41, 5.74) is 1.000. The van der Waals surface area contributed by atoms with Crippen molar-refractivity contribution in [3.8, 4) is 0 Å². The number of aromatic nitrogens is 1. The molecule has 1 aliphatic heterocycles. The number of pyridine rings is 1. The van der Waals surface area contributed by atoms with Crippen LogP contribution in [0.2, 0.25) is 0 Å². The van der Waals surface area contributed by atoms with Gasteiger partial charge < -0.3 is 25.6 Å². The van der Waals surface area contributed by atoms with E-state index in [2.05, 4.69) is 25.2 Å². The summed E-state index contributed by atoms with van der Waals surface area (Å²) in [5, 5.41) is 15.3. The number of nitrogens with one attached hydrogen (secondary N) is 4. The third kappa shape index (κ3) is 6.78. The minimum Gasteiger partial charge on any atom is -0.480 e. The number of carbonyl (C=O) groups excluding carboxylic acids is 1. The summed E-state index contributed by atoms with van der Waals surface area (Å²) in [5.74, 6) is -1.32. The maximum atomic E-state index is 12.7. The monoisotopic (exact) mass is 539 g/mol. The number of carboxylic acid groups (broad SMARTS) is 1. The van der Waals surface area contributed by atoms with Crippen LogP contribution in [0.4, 0.5) is 11.5 Å². The highest BCUT2D eigenvalue weighted by molar-refractivity contribution is 7.89. The van der Waals surface area contributed by atoms with Crippen molar-refractivity contribution >= 4 is 33.4 Å². The molecule has 0 bridgehead atoms. The second kappa shape index (κ2) is 11.9. The number of aliphatic carboxylic acids is 1. The first kappa shape index (κ1) is 26.9. The van der Waals surface area contributed by atoms with Gasteiger partial charge in [0.25, 0.3) is 5.91 Å². The van der Waals surface area contributed by atoms with Gasteiger partial charge >= 0.3 is 5.97 Å². The topological polar surface area (TPSA) is 161 Å². The van der Waals surface area contributed by atoms with Crippen LogP contribution in [0.1, 0.15) is 29.6 Å². The fourth-order valence-electron chi connectivity index (χ4n) is 4.24. The van der Waals surface area contributed by atoms with Gasteiger partial charge in [0, 0.05) is 30.4 Å². The Morgan fingerprint density at radius 3 is 2.42 bits per heavy atom.